The molecule has 2 aromatic rings. The van der Waals surface area contributed by atoms with Crippen LogP contribution in [0.5, 0.6) is 0 Å². The highest BCUT2D eigenvalue weighted by Gasteiger charge is 2.46. The normalized spacial score (nSPS) is 24.1. The highest BCUT2D eigenvalue weighted by atomic mass is 16.1. The van der Waals surface area contributed by atoms with E-state index in [0.29, 0.717) is 16.5 Å². The molecule has 5 heteroatoms. The van der Waals surface area contributed by atoms with Crippen LogP contribution >= 0.6 is 0 Å². The van der Waals surface area contributed by atoms with Gasteiger partial charge in [-0.2, -0.15) is 0 Å². The maximum atomic E-state index is 11.5. The van der Waals surface area contributed by atoms with Gasteiger partial charge in [-0.1, -0.05) is 6.07 Å². The Labute approximate surface area is 117 Å². The fourth-order valence-electron chi connectivity index (χ4n) is 3.36. The molecule has 2 aliphatic rings. The summed E-state index contributed by atoms with van der Waals surface area (Å²) >= 11 is 0. The number of hydrogen-bond donors (Lipinski definition) is 3. The second kappa shape index (κ2) is 4.06. The summed E-state index contributed by atoms with van der Waals surface area (Å²) in [4.78, 5) is 19.4. The van der Waals surface area contributed by atoms with Crippen LogP contribution in [0, 0.1) is 5.41 Å². The van der Waals surface area contributed by atoms with Crippen molar-refractivity contribution in [2.24, 2.45) is 11.1 Å². The van der Waals surface area contributed by atoms with E-state index in [1.54, 1.807) is 6.07 Å². The number of nitrogens with zero attached hydrogens (tertiary/aromatic N) is 1. The van der Waals surface area contributed by atoms with Crippen LogP contribution in [0.3, 0.4) is 0 Å². The van der Waals surface area contributed by atoms with E-state index in [0.717, 1.165) is 24.3 Å². The summed E-state index contributed by atoms with van der Waals surface area (Å²) in [5.74, 6) is 0.503. The Morgan fingerprint density at radius 2 is 2.20 bits per heavy atom. The number of nitrogens with two attached hydrogens (primary N) is 1. The molecule has 2 heterocycles. The minimum Gasteiger partial charge on any atom is -0.366 e. The van der Waals surface area contributed by atoms with Crippen molar-refractivity contribution < 1.29 is 4.79 Å². The number of nitrogens with one attached hydrogen (secondary N) is 2. The number of amides is 1. The van der Waals surface area contributed by atoms with Crippen molar-refractivity contribution in [2.75, 3.05) is 6.54 Å². The summed E-state index contributed by atoms with van der Waals surface area (Å²) in [5, 5.41) is 3.53. The van der Waals surface area contributed by atoms with Gasteiger partial charge in [-0.25, -0.2) is 4.98 Å². The lowest BCUT2D eigenvalue weighted by Crippen LogP contribution is -2.33. The van der Waals surface area contributed by atoms with Gasteiger partial charge in [0.1, 0.15) is 11.3 Å². The van der Waals surface area contributed by atoms with Gasteiger partial charge in [0.15, 0.2) is 0 Å². The second-order valence-corrected chi connectivity index (χ2v) is 6.15. The predicted octanol–water partition coefficient (Wildman–Crippen LogP) is 1.87. The van der Waals surface area contributed by atoms with Crippen molar-refractivity contribution in [1.29, 1.82) is 0 Å². The highest BCUT2D eigenvalue weighted by molar-refractivity contribution is 6.04. The standard InChI is InChI=1S/C15H18N4O/c16-13(20)9-2-1-3-10-12(9)19-14(18-10)11-8-15(4-5-15)6-7-17-11/h1-3,11,17H,4-8H2,(H2,16,20)(H,18,19). The molecule has 2 fully saturated rings. The van der Waals surface area contributed by atoms with Crippen molar-refractivity contribution in [2.45, 2.75) is 31.7 Å². The Bertz CT molecular complexity index is 686. The highest BCUT2D eigenvalue weighted by Crippen LogP contribution is 2.55. The quantitative estimate of drug-likeness (QED) is 0.779. The monoisotopic (exact) mass is 270 g/mol. The third-order valence-corrected chi connectivity index (χ3v) is 4.77. The zero-order valence-corrected chi connectivity index (χ0v) is 11.3. The average Bonchev–Trinajstić information content (AvgIpc) is 3.04. The van der Waals surface area contributed by atoms with Crippen molar-refractivity contribution in [1.82, 2.24) is 15.3 Å². The largest absolute Gasteiger partial charge is 0.366 e. The number of fused-ring (bicyclic) bond motifs is 1. The Hall–Kier alpha value is -1.88. The van der Waals surface area contributed by atoms with Crippen LogP contribution in [0.2, 0.25) is 0 Å². The zero-order chi connectivity index (χ0) is 13.7. The van der Waals surface area contributed by atoms with E-state index in [9.17, 15) is 4.79 Å². The number of imidazole rings is 1. The van der Waals surface area contributed by atoms with Crippen molar-refractivity contribution in [3.8, 4) is 0 Å². The Morgan fingerprint density at radius 1 is 1.35 bits per heavy atom. The molecule has 5 nitrogen and oxygen atoms in total. The lowest BCUT2D eigenvalue weighted by Gasteiger charge is -2.29. The van der Waals surface area contributed by atoms with Crippen LogP contribution in [-0.4, -0.2) is 22.4 Å². The molecule has 1 aromatic heterocycles. The predicted molar refractivity (Wildman–Crippen MR) is 76.3 cm³/mol. The van der Waals surface area contributed by atoms with Crippen LogP contribution in [0.4, 0.5) is 0 Å². The van der Waals surface area contributed by atoms with Crippen LogP contribution < -0.4 is 11.1 Å². The van der Waals surface area contributed by atoms with E-state index >= 15 is 0 Å². The van der Waals surface area contributed by atoms with Crippen LogP contribution in [0.15, 0.2) is 18.2 Å². The molecular formula is C15H18N4O. The molecule has 1 aliphatic carbocycles. The van der Waals surface area contributed by atoms with Gasteiger partial charge in [0.2, 0.25) is 0 Å². The molecule has 4 N–H and O–H groups in total. The third-order valence-electron chi connectivity index (χ3n) is 4.77. The molecule has 20 heavy (non-hydrogen) atoms. The number of primary amides is 1. The number of hydrogen-bond acceptors (Lipinski definition) is 3. The first-order valence-electron chi connectivity index (χ1n) is 7.19. The smallest absolute Gasteiger partial charge is 0.250 e. The Morgan fingerprint density at radius 3 is 2.95 bits per heavy atom. The van der Waals surface area contributed by atoms with Crippen LogP contribution in [0.1, 0.15) is 47.9 Å². The minimum absolute atomic E-state index is 0.263. The molecule has 0 bridgehead atoms. The lowest BCUT2D eigenvalue weighted by molar-refractivity contribution is 0.100. The number of benzene rings is 1. The molecule has 1 aromatic carbocycles. The first kappa shape index (κ1) is 11.9. The SMILES string of the molecule is NC(=O)c1cccc2[nH]c(C3CC4(CCN3)CC4)nc12. The van der Waals surface area contributed by atoms with Crippen molar-refractivity contribution in [3.05, 3.63) is 29.6 Å². The van der Waals surface area contributed by atoms with Gasteiger partial charge in [0, 0.05) is 0 Å². The summed E-state index contributed by atoms with van der Waals surface area (Å²) in [6.07, 6.45) is 5.10. The molecule has 1 amide bonds. The van der Waals surface area contributed by atoms with Crippen LogP contribution in [-0.2, 0) is 0 Å². The molecule has 1 unspecified atom stereocenters. The number of aromatic nitrogens is 2. The van der Waals surface area contributed by atoms with Gasteiger partial charge in [0.05, 0.1) is 17.1 Å². The molecule has 104 valence electrons. The number of rotatable bonds is 2. The van der Waals surface area contributed by atoms with E-state index < -0.39 is 5.91 Å². The molecule has 1 saturated carbocycles. The summed E-state index contributed by atoms with van der Waals surface area (Å²) in [5.41, 5.74) is 8.03. The van der Waals surface area contributed by atoms with Crippen molar-refractivity contribution >= 4 is 16.9 Å². The summed E-state index contributed by atoms with van der Waals surface area (Å²) in [6, 6.07) is 5.76. The second-order valence-electron chi connectivity index (χ2n) is 6.15. The van der Waals surface area contributed by atoms with Gasteiger partial charge in [0.25, 0.3) is 5.91 Å². The first-order valence-corrected chi connectivity index (χ1v) is 7.19. The molecule has 0 radical (unpaired) electrons. The average molecular weight is 270 g/mol. The van der Waals surface area contributed by atoms with Gasteiger partial charge in [-0.05, 0) is 49.8 Å². The number of piperidine rings is 1. The topological polar surface area (TPSA) is 83.8 Å². The van der Waals surface area contributed by atoms with E-state index in [4.69, 9.17) is 5.73 Å². The fraction of sp³-hybridized carbons (Fsp3) is 0.467. The zero-order valence-electron chi connectivity index (χ0n) is 11.3. The van der Waals surface area contributed by atoms with Gasteiger partial charge < -0.3 is 16.0 Å². The molecule has 1 spiro atoms. The summed E-state index contributed by atoms with van der Waals surface area (Å²) in [7, 11) is 0. The lowest BCUT2D eigenvalue weighted by atomic mass is 9.89. The number of H-pyrrole nitrogens is 1. The van der Waals surface area contributed by atoms with Crippen molar-refractivity contribution in [3.63, 3.8) is 0 Å². The Kier molecular flexibility index (Phi) is 2.41. The molecule has 1 saturated heterocycles. The maximum Gasteiger partial charge on any atom is 0.250 e. The van der Waals surface area contributed by atoms with Gasteiger partial charge in [-0.15, -0.1) is 0 Å². The third kappa shape index (κ3) is 1.81. The number of carbonyl (C=O) groups excluding carboxylic acids is 1. The fourth-order valence-corrected chi connectivity index (χ4v) is 3.36. The first-order chi connectivity index (χ1) is 9.67. The van der Waals surface area contributed by atoms with E-state index in [1.807, 2.05) is 12.1 Å². The minimum atomic E-state index is -0.427. The summed E-state index contributed by atoms with van der Waals surface area (Å²) < 4.78 is 0. The Balaban J connectivity index is 1.73. The number of carbonyl (C=O) groups is 1. The number of para-hydroxylation sites is 1. The molecule has 1 atom stereocenters. The van der Waals surface area contributed by atoms with Gasteiger partial charge >= 0.3 is 0 Å². The van der Waals surface area contributed by atoms with Crippen LogP contribution in [0.25, 0.3) is 11.0 Å². The number of aromatic amines is 1. The van der Waals surface area contributed by atoms with E-state index in [1.165, 1.54) is 19.3 Å². The molecule has 1 aliphatic heterocycles. The van der Waals surface area contributed by atoms with E-state index in [2.05, 4.69) is 15.3 Å². The molecule has 4 rings (SSSR count). The van der Waals surface area contributed by atoms with E-state index in [-0.39, 0.29) is 6.04 Å². The summed E-state index contributed by atoms with van der Waals surface area (Å²) in [6.45, 7) is 1.05. The molecular weight excluding hydrogens is 252 g/mol. The maximum absolute atomic E-state index is 11.5. The van der Waals surface area contributed by atoms with Gasteiger partial charge in [-0.3, -0.25) is 4.79 Å².